The quantitative estimate of drug-likeness (QED) is 0.348. The molecule has 0 bridgehead atoms. The lowest BCUT2D eigenvalue weighted by molar-refractivity contribution is -0.384. The Morgan fingerprint density at radius 3 is 1.70 bits per heavy atom. The number of hydroxylamine groups is 3. The molecule has 0 fully saturated rings. The molecule has 10 heavy (non-hydrogen) atoms. The Bertz CT molecular complexity index is 84.6. The third-order valence-corrected chi connectivity index (χ3v) is 1.76. The van der Waals surface area contributed by atoms with Crippen LogP contribution in [0, 0.1) is 0 Å². The van der Waals surface area contributed by atoms with Crippen LogP contribution in [0.1, 0.15) is 26.7 Å². The summed E-state index contributed by atoms with van der Waals surface area (Å²) >= 11 is 0. The van der Waals surface area contributed by atoms with E-state index in [9.17, 15) is 0 Å². The van der Waals surface area contributed by atoms with E-state index < -0.39 is 5.66 Å². The van der Waals surface area contributed by atoms with Crippen molar-refractivity contribution >= 4 is 0 Å². The van der Waals surface area contributed by atoms with Crippen LogP contribution < -0.4 is 5.48 Å². The minimum Gasteiger partial charge on any atom is -0.315 e. The van der Waals surface area contributed by atoms with Crippen molar-refractivity contribution in [2.75, 3.05) is 0 Å². The zero-order valence-electron chi connectivity index (χ0n) is 6.20. The maximum Gasteiger partial charge on any atom is 0.144 e. The molecule has 0 radical (unpaired) electrons. The summed E-state index contributed by atoms with van der Waals surface area (Å²) in [5, 5.41) is 25.8. The van der Waals surface area contributed by atoms with Crippen LogP contribution in [0.25, 0.3) is 0 Å². The van der Waals surface area contributed by atoms with Crippen molar-refractivity contribution in [1.29, 1.82) is 0 Å². The molecule has 0 aromatic heterocycles. The fourth-order valence-electron chi connectivity index (χ4n) is 0.736. The summed E-state index contributed by atoms with van der Waals surface area (Å²) in [6, 6.07) is 0. The van der Waals surface area contributed by atoms with Gasteiger partial charge in [0.25, 0.3) is 0 Å². The summed E-state index contributed by atoms with van der Waals surface area (Å²) in [6.07, 6.45) is 0.792. The molecule has 0 spiro atoms. The van der Waals surface area contributed by atoms with Crippen molar-refractivity contribution in [1.82, 2.24) is 10.7 Å². The maximum absolute atomic E-state index is 8.63. The molecule has 0 aromatic rings. The molecule has 0 unspecified atom stereocenters. The predicted octanol–water partition coefficient (Wildman–Crippen LogP) is 0.562. The first-order valence-corrected chi connectivity index (χ1v) is 3.22. The van der Waals surface area contributed by atoms with Crippen molar-refractivity contribution in [3.8, 4) is 0 Å². The smallest absolute Gasteiger partial charge is 0.144 e. The number of nitrogens with one attached hydrogen (secondary N) is 1. The van der Waals surface area contributed by atoms with E-state index in [0.29, 0.717) is 12.8 Å². The molecule has 0 aliphatic heterocycles. The normalized spacial score (nSPS) is 12.6. The summed E-state index contributed by atoms with van der Waals surface area (Å²) in [5.41, 5.74) is 0.715. The lowest BCUT2D eigenvalue weighted by Gasteiger charge is -2.32. The van der Waals surface area contributed by atoms with Gasteiger partial charge < -0.3 is 5.21 Å². The molecular weight excluding hydrogens is 136 g/mol. The van der Waals surface area contributed by atoms with Crippen molar-refractivity contribution in [2.45, 2.75) is 32.4 Å². The Balaban J connectivity index is 4.15. The van der Waals surface area contributed by atoms with Crippen molar-refractivity contribution in [2.24, 2.45) is 0 Å². The van der Waals surface area contributed by atoms with E-state index >= 15 is 0 Å². The molecular formula is C5H14N2O3. The van der Waals surface area contributed by atoms with Gasteiger partial charge in [0.05, 0.1) is 0 Å². The summed E-state index contributed by atoms with van der Waals surface area (Å²) in [4.78, 5) is 0. The highest BCUT2D eigenvalue weighted by Gasteiger charge is 2.31. The van der Waals surface area contributed by atoms with Gasteiger partial charge in [-0.15, -0.1) is 0 Å². The zero-order valence-corrected chi connectivity index (χ0v) is 6.20. The Hall–Kier alpha value is -0.200. The summed E-state index contributed by atoms with van der Waals surface area (Å²) < 4.78 is 0. The second-order valence-electron chi connectivity index (χ2n) is 2.14. The fourth-order valence-corrected chi connectivity index (χ4v) is 0.736. The van der Waals surface area contributed by atoms with Crippen molar-refractivity contribution < 1.29 is 15.6 Å². The average molecular weight is 150 g/mol. The fraction of sp³-hybridized carbons (Fsp3) is 1.00. The van der Waals surface area contributed by atoms with Gasteiger partial charge in [0.1, 0.15) is 5.66 Å². The molecule has 0 aromatic carbocycles. The molecule has 5 nitrogen and oxygen atoms in total. The third kappa shape index (κ3) is 1.65. The molecule has 0 aliphatic rings. The van der Waals surface area contributed by atoms with Crippen molar-refractivity contribution in [3.05, 3.63) is 0 Å². The van der Waals surface area contributed by atoms with E-state index in [2.05, 4.69) is 0 Å². The molecule has 0 amide bonds. The second kappa shape index (κ2) is 3.85. The van der Waals surface area contributed by atoms with Gasteiger partial charge in [-0.3, -0.25) is 10.4 Å². The van der Waals surface area contributed by atoms with E-state index in [1.54, 1.807) is 13.8 Å². The van der Waals surface area contributed by atoms with E-state index in [4.69, 9.17) is 15.6 Å². The minimum atomic E-state index is -1.12. The maximum atomic E-state index is 8.63. The highest BCUT2D eigenvalue weighted by atomic mass is 16.8. The van der Waals surface area contributed by atoms with Crippen molar-refractivity contribution in [3.63, 3.8) is 0 Å². The zero-order chi connectivity index (χ0) is 8.20. The van der Waals surface area contributed by atoms with E-state index in [1.807, 2.05) is 5.48 Å². The standard InChI is InChI=1S/C5H14N2O3/c1-3-5(4-2,6-8)7(9)10/h6,8-10H,3-4H2,1-2H3. The number of hydrogen-bond donors (Lipinski definition) is 4. The predicted molar refractivity (Wildman–Crippen MR) is 33.6 cm³/mol. The Morgan fingerprint density at radius 2 is 1.70 bits per heavy atom. The highest BCUT2D eigenvalue weighted by molar-refractivity contribution is 4.72. The SMILES string of the molecule is CCC(CC)(NO)N(O)O. The first kappa shape index (κ1) is 9.80. The van der Waals surface area contributed by atoms with E-state index in [-0.39, 0.29) is 5.23 Å². The molecule has 4 N–H and O–H groups in total. The molecule has 0 saturated carbocycles. The molecule has 0 heterocycles. The van der Waals surface area contributed by atoms with Gasteiger partial charge in [-0.25, -0.2) is 0 Å². The Morgan fingerprint density at radius 1 is 1.30 bits per heavy atom. The van der Waals surface area contributed by atoms with E-state index in [0.717, 1.165) is 0 Å². The number of rotatable bonds is 4. The average Bonchev–Trinajstić information content (AvgIpc) is 1.92. The van der Waals surface area contributed by atoms with Crippen LogP contribution >= 0.6 is 0 Å². The Kier molecular flexibility index (Phi) is 3.77. The third-order valence-electron chi connectivity index (χ3n) is 1.76. The van der Waals surface area contributed by atoms with Gasteiger partial charge >= 0.3 is 0 Å². The van der Waals surface area contributed by atoms with Crippen LogP contribution in [0.3, 0.4) is 0 Å². The Labute approximate surface area is 59.8 Å². The van der Waals surface area contributed by atoms with E-state index in [1.165, 1.54) is 0 Å². The molecule has 5 heteroatoms. The van der Waals surface area contributed by atoms with Gasteiger partial charge in [0.2, 0.25) is 0 Å². The topological polar surface area (TPSA) is 76.0 Å². The monoisotopic (exact) mass is 150 g/mol. The van der Waals surface area contributed by atoms with Gasteiger partial charge in [-0.1, -0.05) is 13.8 Å². The van der Waals surface area contributed by atoms with Crippen LogP contribution in [-0.4, -0.2) is 26.5 Å². The second-order valence-corrected chi connectivity index (χ2v) is 2.14. The first-order valence-electron chi connectivity index (χ1n) is 3.22. The largest absolute Gasteiger partial charge is 0.315 e. The van der Waals surface area contributed by atoms with Crippen LogP contribution in [0.15, 0.2) is 0 Å². The van der Waals surface area contributed by atoms with Crippen LogP contribution in [0.5, 0.6) is 0 Å². The summed E-state index contributed by atoms with van der Waals surface area (Å²) in [6.45, 7) is 3.46. The summed E-state index contributed by atoms with van der Waals surface area (Å²) in [5.74, 6) is 0. The molecule has 0 rings (SSSR count). The number of nitrogens with zero attached hydrogens (tertiary/aromatic N) is 1. The van der Waals surface area contributed by atoms with Crippen LogP contribution in [-0.2, 0) is 0 Å². The van der Waals surface area contributed by atoms with Crippen LogP contribution in [0.4, 0.5) is 0 Å². The highest BCUT2D eigenvalue weighted by Crippen LogP contribution is 2.15. The van der Waals surface area contributed by atoms with Gasteiger partial charge in [-0.2, -0.15) is 5.48 Å². The first-order chi connectivity index (χ1) is 4.63. The summed E-state index contributed by atoms with van der Waals surface area (Å²) in [7, 11) is 0. The van der Waals surface area contributed by atoms with Gasteiger partial charge in [0.15, 0.2) is 0 Å². The lowest BCUT2D eigenvalue weighted by Crippen LogP contribution is -2.54. The minimum absolute atomic E-state index is 0.00694. The van der Waals surface area contributed by atoms with Crippen LogP contribution in [0.2, 0.25) is 0 Å². The molecule has 0 atom stereocenters. The molecule has 0 aliphatic carbocycles. The molecule has 62 valence electrons. The molecule has 0 saturated heterocycles. The number of hydrogen-bond acceptors (Lipinski definition) is 5. The lowest BCUT2D eigenvalue weighted by atomic mass is 10.1. The van der Waals surface area contributed by atoms with Gasteiger partial charge in [-0.05, 0) is 18.1 Å². The van der Waals surface area contributed by atoms with Gasteiger partial charge in [0, 0.05) is 0 Å².